The standard InChI is InChI=1S/C9H18N2O2.C2H6/c1-7-4-11(9(13)6-12)5-8(2)10(7)3;1-2/h7-8,12H,4-6H2,1-3H3;1-2H3/t7-,8+;. The molecule has 1 aliphatic heterocycles. The average Bonchev–Trinajstić information content (AvgIpc) is 2.26. The lowest BCUT2D eigenvalue weighted by molar-refractivity contribution is -0.138. The van der Waals surface area contributed by atoms with Crippen molar-refractivity contribution in [2.75, 3.05) is 26.7 Å². The van der Waals surface area contributed by atoms with Crippen molar-refractivity contribution in [1.82, 2.24) is 9.80 Å². The van der Waals surface area contributed by atoms with Gasteiger partial charge in [0.2, 0.25) is 5.91 Å². The zero-order valence-electron chi connectivity index (χ0n) is 10.5. The number of hydrogen-bond acceptors (Lipinski definition) is 3. The van der Waals surface area contributed by atoms with E-state index in [1.807, 2.05) is 13.8 Å². The van der Waals surface area contributed by atoms with Gasteiger partial charge in [0.25, 0.3) is 0 Å². The second kappa shape index (κ2) is 6.80. The third-order valence-electron chi connectivity index (χ3n) is 2.85. The lowest BCUT2D eigenvalue weighted by Gasteiger charge is -2.42. The van der Waals surface area contributed by atoms with E-state index in [2.05, 4.69) is 25.8 Å². The number of hydrogen-bond donors (Lipinski definition) is 1. The van der Waals surface area contributed by atoms with Gasteiger partial charge in [-0.25, -0.2) is 0 Å². The average molecular weight is 216 g/mol. The Balaban J connectivity index is 0.000000921. The largest absolute Gasteiger partial charge is 0.387 e. The van der Waals surface area contributed by atoms with Crippen LogP contribution in [0.5, 0.6) is 0 Å². The highest BCUT2D eigenvalue weighted by Gasteiger charge is 2.28. The molecule has 0 aliphatic carbocycles. The molecule has 1 N–H and O–H groups in total. The molecule has 0 aromatic carbocycles. The fourth-order valence-electron chi connectivity index (χ4n) is 1.71. The number of aliphatic hydroxyl groups excluding tert-OH is 1. The van der Waals surface area contributed by atoms with E-state index >= 15 is 0 Å². The Morgan fingerprint density at radius 1 is 1.27 bits per heavy atom. The molecule has 1 saturated heterocycles. The van der Waals surface area contributed by atoms with Crippen LogP contribution in [0.25, 0.3) is 0 Å². The van der Waals surface area contributed by atoms with Gasteiger partial charge in [-0.1, -0.05) is 13.8 Å². The van der Waals surface area contributed by atoms with Crippen molar-refractivity contribution in [2.45, 2.75) is 39.8 Å². The fourth-order valence-corrected chi connectivity index (χ4v) is 1.71. The van der Waals surface area contributed by atoms with Gasteiger partial charge in [0.1, 0.15) is 6.61 Å². The molecule has 1 heterocycles. The molecule has 0 spiro atoms. The van der Waals surface area contributed by atoms with Crippen molar-refractivity contribution in [1.29, 1.82) is 0 Å². The molecular formula is C11H24N2O2. The maximum atomic E-state index is 11.2. The van der Waals surface area contributed by atoms with E-state index < -0.39 is 0 Å². The second-order valence-corrected chi connectivity index (χ2v) is 3.82. The summed E-state index contributed by atoms with van der Waals surface area (Å²) in [7, 11) is 2.07. The normalized spacial score (nSPS) is 26.9. The topological polar surface area (TPSA) is 43.8 Å². The number of aliphatic hydroxyl groups is 1. The quantitative estimate of drug-likeness (QED) is 0.696. The zero-order valence-corrected chi connectivity index (χ0v) is 10.5. The lowest BCUT2D eigenvalue weighted by atomic mass is 10.1. The molecule has 0 aromatic heterocycles. The highest BCUT2D eigenvalue weighted by molar-refractivity contribution is 5.77. The SMILES string of the molecule is CC.C[C@@H]1CN(C(=O)CO)C[C@H](C)N1C. The summed E-state index contributed by atoms with van der Waals surface area (Å²) in [5.74, 6) is -0.160. The maximum Gasteiger partial charge on any atom is 0.248 e. The molecule has 1 amide bonds. The van der Waals surface area contributed by atoms with E-state index in [1.165, 1.54) is 0 Å². The number of piperazine rings is 1. The van der Waals surface area contributed by atoms with Crippen molar-refractivity contribution in [3.05, 3.63) is 0 Å². The molecule has 90 valence electrons. The number of likely N-dealkylation sites (N-methyl/N-ethyl adjacent to an activating group) is 1. The summed E-state index contributed by atoms with van der Waals surface area (Å²) in [6.07, 6.45) is 0. The number of nitrogens with zero attached hydrogens (tertiary/aromatic N) is 2. The summed E-state index contributed by atoms with van der Waals surface area (Å²) < 4.78 is 0. The van der Waals surface area contributed by atoms with Crippen molar-refractivity contribution < 1.29 is 9.90 Å². The first-order chi connectivity index (χ1) is 7.06. The van der Waals surface area contributed by atoms with Gasteiger partial charge in [0.05, 0.1) is 0 Å². The summed E-state index contributed by atoms with van der Waals surface area (Å²) in [6, 6.07) is 0.749. The smallest absolute Gasteiger partial charge is 0.248 e. The Hall–Kier alpha value is -0.610. The van der Waals surface area contributed by atoms with Gasteiger partial charge in [-0.3, -0.25) is 9.69 Å². The van der Waals surface area contributed by atoms with Gasteiger partial charge in [0, 0.05) is 25.2 Å². The first kappa shape index (κ1) is 14.4. The van der Waals surface area contributed by atoms with Crippen molar-refractivity contribution >= 4 is 5.91 Å². The predicted molar refractivity (Wildman–Crippen MR) is 61.7 cm³/mol. The van der Waals surface area contributed by atoms with Crippen LogP contribution in [0.4, 0.5) is 0 Å². The van der Waals surface area contributed by atoms with E-state index in [9.17, 15) is 4.79 Å². The number of amides is 1. The van der Waals surface area contributed by atoms with Crippen LogP contribution >= 0.6 is 0 Å². The van der Waals surface area contributed by atoms with Crippen LogP contribution in [-0.4, -0.2) is 59.6 Å². The zero-order chi connectivity index (χ0) is 12.0. The van der Waals surface area contributed by atoms with Crippen LogP contribution < -0.4 is 0 Å². The molecule has 0 aromatic rings. The summed E-state index contributed by atoms with van der Waals surface area (Å²) in [4.78, 5) is 15.2. The van der Waals surface area contributed by atoms with Gasteiger partial charge in [-0.15, -0.1) is 0 Å². The fraction of sp³-hybridized carbons (Fsp3) is 0.909. The number of rotatable bonds is 1. The summed E-state index contributed by atoms with van der Waals surface area (Å²) >= 11 is 0. The van der Waals surface area contributed by atoms with E-state index in [4.69, 9.17) is 5.11 Å². The molecule has 0 saturated carbocycles. The molecular weight excluding hydrogens is 192 g/mol. The molecule has 0 unspecified atom stereocenters. The maximum absolute atomic E-state index is 11.2. The lowest BCUT2D eigenvalue weighted by Crippen LogP contribution is -2.56. The summed E-state index contributed by atoms with van der Waals surface area (Å²) in [5.41, 5.74) is 0. The molecule has 15 heavy (non-hydrogen) atoms. The monoisotopic (exact) mass is 216 g/mol. The van der Waals surface area contributed by atoms with E-state index in [1.54, 1.807) is 4.90 Å². The molecule has 4 nitrogen and oxygen atoms in total. The Morgan fingerprint density at radius 2 is 1.67 bits per heavy atom. The molecule has 1 aliphatic rings. The Morgan fingerprint density at radius 3 is 2.00 bits per heavy atom. The van der Waals surface area contributed by atoms with Crippen LogP contribution in [0.2, 0.25) is 0 Å². The minimum absolute atomic E-state index is 0.160. The highest BCUT2D eigenvalue weighted by Crippen LogP contribution is 2.12. The van der Waals surface area contributed by atoms with Crippen LogP contribution in [0.3, 0.4) is 0 Å². The van der Waals surface area contributed by atoms with Gasteiger partial charge in [-0.2, -0.15) is 0 Å². The number of carbonyl (C=O) groups is 1. The Bertz CT molecular complexity index is 185. The molecule has 1 fully saturated rings. The Kier molecular flexibility index (Phi) is 6.52. The first-order valence-electron chi connectivity index (χ1n) is 5.66. The van der Waals surface area contributed by atoms with Gasteiger partial charge < -0.3 is 10.0 Å². The minimum atomic E-state index is -0.372. The van der Waals surface area contributed by atoms with E-state index in [0.717, 1.165) is 13.1 Å². The number of carbonyl (C=O) groups excluding carboxylic acids is 1. The summed E-state index contributed by atoms with van der Waals surface area (Å²) in [5, 5.41) is 8.72. The molecule has 0 bridgehead atoms. The van der Waals surface area contributed by atoms with Gasteiger partial charge in [-0.05, 0) is 20.9 Å². The van der Waals surface area contributed by atoms with Crippen molar-refractivity contribution in [2.24, 2.45) is 0 Å². The third kappa shape index (κ3) is 3.80. The van der Waals surface area contributed by atoms with Crippen LogP contribution in [-0.2, 0) is 4.79 Å². The molecule has 4 heteroatoms. The summed E-state index contributed by atoms with van der Waals surface area (Å²) in [6.45, 7) is 9.25. The van der Waals surface area contributed by atoms with Crippen LogP contribution in [0.1, 0.15) is 27.7 Å². The van der Waals surface area contributed by atoms with Crippen LogP contribution in [0.15, 0.2) is 0 Å². The van der Waals surface area contributed by atoms with Gasteiger partial charge >= 0.3 is 0 Å². The predicted octanol–water partition coefficient (Wildman–Crippen LogP) is 0.556. The third-order valence-corrected chi connectivity index (χ3v) is 2.85. The van der Waals surface area contributed by atoms with Crippen LogP contribution in [0, 0.1) is 0 Å². The highest BCUT2D eigenvalue weighted by atomic mass is 16.3. The van der Waals surface area contributed by atoms with Crippen molar-refractivity contribution in [3.8, 4) is 0 Å². The van der Waals surface area contributed by atoms with Crippen molar-refractivity contribution in [3.63, 3.8) is 0 Å². The molecule has 0 radical (unpaired) electrons. The van der Waals surface area contributed by atoms with E-state index in [-0.39, 0.29) is 12.5 Å². The molecule has 2 atom stereocenters. The second-order valence-electron chi connectivity index (χ2n) is 3.82. The molecule has 1 rings (SSSR count). The first-order valence-corrected chi connectivity index (χ1v) is 5.66. The Labute approximate surface area is 92.9 Å². The minimum Gasteiger partial charge on any atom is -0.387 e. The van der Waals surface area contributed by atoms with Gasteiger partial charge in [0.15, 0.2) is 0 Å². The van der Waals surface area contributed by atoms with E-state index in [0.29, 0.717) is 12.1 Å².